The summed E-state index contributed by atoms with van der Waals surface area (Å²) in [6, 6.07) is 8.26. The van der Waals surface area contributed by atoms with E-state index in [1.54, 1.807) is 4.90 Å². The number of nitrogens with zero attached hydrogens (tertiary/aromatic N) is 1. The molecular weight excluding hydrogens is 331 g/mol. The molecule has 6 nitrogen and oxygen atoms in total. The van der Waals surface area contributed by atoms with Gasteiger partial charge in [-0.2, -0.15) is 0 Å². The minimum absolute atomic E-state index is 0.0310. The first kappa shape index (κ1) is 17.7. The summed E-state index contributed by atoms with van der Waals surface area (Å²) in [4.78, 5) is 13.7. The second kappa shape index (κ2) is 6.17. The summed E-state index contributed by atoms with van der Waals surface area (Å²) in [7, 11) is -0.362. The average Bonchev–Trinajstić information content (AvgIpc) is 3.29. The van der Waals surface area contributed by atoms with Gasteiger partial charge in [-0.05, 0) is 58.1 Å². The number of likely N-dealkylation sites (tertiary alicyclic amines) is 1. The summed E-state index contributed by atoms with van der Waals surface area (Å²) in [5.41, 5.74) is 0.294. The standard InChI is InChI=1S/C19H27BN2O4/c1-18(2)19(3,4)26-20(25-18)13-5-9-15(10-6-13)24-16-11-22(12-16)17(23)21-14-7-8-14/h5-6,9-10,14,16H,7-8,11-12H2,1-4H3,(H,21,23). The smallest absolute Gasteiger partial charge is 0.487 e. The summed E-state index contributed by atoms with van der Waals surface area (Å²) in [5, 5.41) is 3.00. The van der Waals surface area contributed by atoms with E-state index < -0.39 is 0 Å². The fourth-order valence-corrected chi connectivity index (χ4v) is 3.05. The highest BCUT2D eigenvalue weighted by atomic mass is 16.7. The lowest BCUT2D eigenvalue weighted by molar-refractivity contribution is 0.00578. The number of hydrogen-bond acceptors (Lipinski definition) is 4. The number of amides is 2. The van der Waals surface area contributed by atoms with Crippen LogP contribution in [0.3, 0.4) is 0 Å². The Morgan fingerprint density at radius 3 is 2.23 bits per heavy atom. The maximum atomic E-state index is 11.9. The lowest BCUT2D eigenvalue weighted by atomic mass is 9.79. The largest absolute Gasteiger partial charge is 0.494 e. The van der Waals surface area contributed by atoms with Crippen molar-refractivity contribution in [2.45, 2.75) is 63.9 Å². The highest BCUT2D eigenvalue weighted by Gasteiger charge is 2.51. The number of ether oxygens (including phenoxy) is 1. The first-order chi connectivity index (χ1) is 12.2. The molecule has 3 aliphatic rings. The van der Waals surface area contributed by atoms with E-state index in [1.165, 1.54) is 0 Å². The Kier molecular flexibility index (Phi) is 4.19. The van der Waals surface area contributed by atoms with Crippen LogP contribution in [0.15, 0.2) is 24.3 Å². The van der Waals surface area contributed by atoms with Gasteiger partial charge in [-0.15, -0.1) is 0 Å². The summed E-state index contributed by atoms with van der Waals surface area (Å²) in [6.45, 7) is 9.46. The first-order valence-corrected chi connectivity index (χ1v) is 9.41. The van der Waals surface area contributed by atoms with E-state index in [-0.39, 0.29) is 30.5 Å². The normalized spacial score (nSPS) is 24.3. The van der Waals surface area contributed by atoms with E-state index in [9.17, 15) is 4.79 Å². The number of nitrogens with one attached hydrogen (secondary N) is 1. The molecule has 0 aromatic heterocycles. The van der Waals surface area contributed by atoms with Crippen molar-refractivity contribution in [2.24, 2.45) is 0 Å². The fourth-order valence-electron chi connectivity index (χ4n) is 3.05. The van der Waals surface area contributed by atoms with Crippen molar-refractivity contribution in [3.8, 4) is 5.75 Å². The molecule has 26 heavy (non-hydrogen) atoms. The molecule has 7 heteroatoms. The summed E-state index contributed by atoms with van der Waals surface area (Å²) >= 11 is 0. The Balaban J connectivity index is 1.28. The van der Waals surface area contributed by atoms with Crippen LogP contribution in [0.5, 0.6) is 5.75 Å². The number of hydrogen-bond donors (Lipinski definition) is 1. The molecule has 0 unspecified atom stereocenters. The van der Waals surface area contributed by atoms with Crippen LogP contribution < -0.4 is 15.5 Å². The Hall–Kier alpha value is -1.73. The predicted molar refractivity (Wildman–Crippen MR) is 99.7 cm³/mol. The van der Waals surface area contributed by atoms with Gasteiger partial charge in [0, 0.05) is 6.04 Å². The molecule has 1 N–H and O–H groups in total. The van der Waals surface area contributed by atoms with E-state index in [4.69, 9.17) is 14.0 Å². The number of urea groups is 1. The van der Waals surface area contributed by atoms with Gasteiger partial charge in [-0.25, -0.2) is 4.79 Å². The van der Waals surface area contributed by atoms with Crippen molar-refractivity contribution >= 4 is 18.6 Å². The first-order valence-electron chi connectivity index (χ1n) is 9.41. The lowest BCUT2D eigenvalue weighted by Crippen LogP contribution is -2.59. The predicted octanol–water partition coefficient (Wildman–Crippen LogP) is 1.92. The van der Waals surface area contributed by atoms with Crippen LogP contribution in [0, 0.1) is 0 Å². The zero-order chi connectivity index (χ0) is 18.5. The van der Waals surface area contributed by atoms with Gasteiger partial charge in [-0.3, -0.25) is 0 Å². The lowest BCUT2D eigenvalue weighted by Gasteiger charge is -2.38. The molecule has 140 valence electrons. The van der Waals surface area contributed by atoms with Crippen LogP contribution in [0.25, 0.3) is 0 Å². The van der Waals surface area contributed by atoms with Crippen molar-refractivity contribution in [3.05, 3.63) is 24.3 Å². The van der Waals surface area contributed by atoms with Gasteiger partial charge in [0.1, 0.15) is 11.9 Å². The third-order valence-electron chi connectivity index (χ3n) is 5.75. The molecule has 2 amide bonds. The summed E-state index contributed by atoms with van der Waals surface area (Å²) in [6.07, 6.45) is 2.27. The minimum Gasteiger partial charge on any atom is -0.487 e. The zero-order valence-electron chi connectivity index (χ0n) is 16.0. The van der Waals surface area contributed by atoms with E-state index in [0.29, 0.717) is 19.1 Å². The van der Waals surface area contributed by atoms with Crippen molar-refractivity contribution in [1.82, 2.24) is 10.2 Å². The fraction of sp³-hybridized carbons (Fsp3) is 0.632. The van der Waals surface area contributed by atoms with Crippen LogP contribution in [0.1, 0.15) is 40.5 Å². The summed E-state index contributed by atoms with van der Waals surface area (Å²) < 4.78 is 18.1. The maximum Gasteiger partial charge on any atom is 0.494 e. The Labute approximate surface area is 155 Å². The number of carbonyl (C=O) groups is 1. The van der Waals surface area contributed by atoms with E-state index in [1.807, 2.05) is 52.0 Å². The maximum absolute atomic E-state index is 11.9. The van der Waals surface area contributed by atoms with Gasteiger partial charge in [-0.1, -0.05) is 12.1 Å². The highest BCUT2D eigenvalue weighted by Crippen LogP contribution is 2.36. The third-order valence-corrected chi connectivity index (χ3v) is 5.75. The van der Waals surface area contributed by atoms with Crippen LogP contribution in [0.2, 0.25) is 0 Å². The molecule has 1 aromatic carbocycles. The third kappa shape index (κ3) is 3.42. The second-order valence-electron chi connectivity index (χ2n) is 8.53. The van der Waals surface area contributed by atoms with Crippen molar-refractivity contribution in [1.29, 1.82) is 0 Å². The Morgan fingerprint density at radius 1 is 1.12 bits per heavy atom. The van der Waals surface area contributed by atoms with Crippen LogP contribution >= 0.6 is 0 Å². The molecule has 2 heterocycles. The molecule has 0 atom stereocenters. The van der Waals surface area contributed by atoms with Crippen LogP contribution in [-0.2, 0) is 9.31 Å². The van der Waals surface area contributed by atoms with Crippen LogP contribution in [0.4, 0.5) is 4.79 Å². The quantitative estimate of drug-likeness (QED) is 0.836. The zero-order valence-corrected chi connectivity index (χ0v) is 16.0. The van der Waals surface area contributed by atoms with Gasteiger partial charge in [0.05, 0.1) is 24.3 Å². The number of rotatable bonds is 4. The van der Waals surface area contributed by atoms with E-state index >= 15 is 0 Å². The van der Waals surface area contributed by atoms with Gasteiger partial charge < -0.3 is 24.3 Å². The topological polar surface area (TPSA) is 60.0 Å². The highest BCUT2D eigenvalue weighted by molar-refractivity contribution is 6.62. The van der Waals surface area contributed by atoms with Crippen molar-refractivity contribution < 1.29 is 18.8 Å². The SMILES string of the molecule is CC1(C)OB(c2ccc(OC3CN(C(=O)NC4CC4)C3)cc2)OC1(C)C. The van der Waals surface area contributed by atoms with E-state index in [2.05, 4.69) is 5.32 Å². The molecule has 0 spiro atoms. The van der Waals surface area contributed by atoms with Gasteiger partial charge in [0.25, 0.3) is 0 Å². The van der Waals surface area contributed by atoms with Crippen LogP contribution in [-0.4, -0.2) is 54.5 Å². The van der Waals surface area contributed by atoms with Gasteiger partial charge in [0.15, 0.2) is 0 Å². The molecule has 0 bridgehead atoms. The second-order valence-corrected chi connectivity index (χ2v) is 8.53. The molecule has 1 aromatic rings. The average molecular weight is 358 g/mol. The van der Waals surface area contributed by atoms with Gasteiger partial charge >= 0.3 is 13.1 Å². The molecule has 4 rings (SSSR count). The van der Waals surface area contributed by atoms with E-state index in [0.717, 1.165) is 24.1 Å². The van der Waals surface area contributed by atoms with Crippen molar-refractivity contribution in [3.63, 3.8) is 0 Å². The monoisotopic (exact) mass is 358 g/mol. The number of benzene rings is 1. The Morgan fingerprint density at radius 2 is 1.69 bits per heavy atom. The van der Waals surface area contributed by atoms with Gasteiger partial charge in [0.2, 0.25) is 0 Å². The molecule has 2 saturated heterocycles. The molecular formula is C19H27BN2O4. The molecule has 2 aliphatic heterocycles. The number of carbonyl (C=O) groups excluding carboxylic acids is 1. The Bertz CT molecular complexity index is 665. The summed E-state index contributed by atoms with van der Waals surface area (Å²) in [5.74, 6) is 0.803. The molecule has 1 saturated carbocycles. The molecule has 1 aliphatic carbocycles. The molecule has 0 radical (unpaired) electrons. The van der Waals surface area contributed by atoms with Crippen molar-refractivity contribution in [2.75, 3.05) is 13.1 Å². The minimum atomic E-state index is -0.362. The molecule has 3 fully saturated rings.